The molecule has 0 saturated carbocycles. The van der Waals surface area contributed by atoms with Crippen molar-refractivity contribution in [3.63, 3.8) is 0 Å². The highest BCUT2D eigenvalue weighted by Gasteiger charge is 2.29. The van der Waals surface area contributed by atoms with E-state index < -0.39 is 5.97 Å². The van der Waals surface area contributed by atoms with Gasteiger partial charge in [-0.05, 0) is 19.4 Å². The summed E-state index contributed by atoms with van der Waals surface area (Å²) in [6.45, 7) is 1.40. The number of aromatic nitrogens is 5. The van der Waals surface area contributed by atoms with Gasteiger partial charge in [-0.3, -0.25) is 0 Å². The number of hydrogen-bond donors (Lipinski definition) is 1. The summed E-state index contributed by atoms with van der Waals surface area (Å²) >= 11 is 0. The molecular formula is C13H18N6O2. The van der Waals surface area contributed by atoms with E-state index >= 15 is 0 Å². The lowest BCUT2D eigenvalue weighted by atomic mass is 10.1. The van der Waals surface area contributed by atoms with E-state index in [0.717, 1.165) is 30.9 Å². The van der Waals surface area contributed by atoms with E-state index in [1.165, 1.54) is 7.11 Å². The van der Waals surface area contributed by atoms with Crippen LogP contribution in [0.3, 0.4) is 0 Å². The molecule has 1 N–H and O–H groups in total. The summed E-state index contributed by atoms with van der Waals surface area (Å²) in [6.07, 6.45) is 5.64. The molecule has 0 radical (unpaired) electrons. The van der Waals surface area contributed by atoms with Crippen molar-refractivity contribution in [2.75, 3.05) is 13.7 Å². The van der Waals surface area contributed by atoms with E-state index in [0.29, 0.717) is 6.54 Å². The summed E-state index contributed by atoms with van der Waals surface area (Å²) in [6, 6.07) is 0.0781. The van der Waals surface area contributed by atoms with Gasteiger partial charge >= 0.3 is 5.97 Å². The number of nitrogens with zero attached hydrogens (tertiary/aromatic N) is 5. The Hall–Kier alpha value is -2.22. The van der Waals surface area contributed by atoms with Gasteiger partial charge in [0.05, 0.1) is 18.8 Å². The van der Waals surface area contributed by atoms with Crippen molar-refractivity contribution >= 4 is 5.97 Å². The number of methoxy groups -OCH3 is 1. The summed E-state index contributed by atoms with van der Waals surface area (Å²) in [5, 5.41) is 11.5. The fourth-order valence-electron chi connectivity index (χ4n) is 2.62. The largest absolute Gasteiger partial charge is 0.464 e. The number of ether oxygens (including phenoxy) is 1. The van der Waals surface area contributed by atoms with Crippen LogP contribution in [-0.4, -0.2) is 44.2 Å². The quantitative estimate of drug-likeness (QED) is 0.813. The Morgan fingerprint density at radius 1 is 1.57 bits per heavy atom. The number of nitrogens with one attached hydrogen (secondary N) is 1. The van der Waals surface area contributed by atoms with Crippen LogP contribution < -0.4 is 5.32 Å². The van der Waals surface area contributed by atoms with Crippen molar-refractivity contribution in [3.05, 3.63) is 29.6 Å². The van der Waals surface area contributed by atoms with Crippen LogP contribution in [0.5, 0.6) is 0 Å². The van der Waals surface area contributed by atoms with Crippen LogP contribution in [-0.2, 0) is 18.3 Å². The Kier molecular flexibility index (Phi) is 3.70. The molecule has 21 heavy (non-hydrogen) atoms. The van der Waals surface area contributed by atoms with Gasteiger partial charge in [0.1, 0.15) is 12.4 Å². The second-order valence-corrected chi connectivity index (χ2v) is 5.08. The maximum Gasteiger partial charge on any atom is 0.360 e. The first-order valence-electron chi connectivity index (χ1n) is 6.92. The second-order valence-electron chi connectivity index (χ2n) is 5.08. The number of carbonyl (C=O) groups excluding carboxylic acids is 1. The lowest BCUT2D eigenvalue weighted by Crippen LogP contribution is -2.21. The van der Waals surface area contributed by atoms with Gasteiger partial charge in [0.25, 0.3) is 0 Å². The van der Waals surface area contributed by atoms with Gasteiger partial charge in [-0.1, -0.05) is 5.21 Å². The Morgan fingerprint density at radius 3 is 3.05 bits per heavy atom. The van der Waals surface area contributed by atoms with Crippen LogP contribution in [0.15, 0.2) is 12.4 Å². The number of carbonyl (C=O) groups is 1. The molecule has 2 aromatic heterocycles. The Bertz CT molecular complexity index is 641. The molecule has 2 aromatic rings. The normalized spacial score (nSPS) is 18.1. The SMILES string of the molecule is COC(=O)c1nnn(Cc2nccn2C)c1C1CCCN1. The van der Waals surface area contributed by atoms with Crippen molar-refractivity contribution in [2.24, 2.45) is 7.05 Å². The van der Waals surface area contributed by atoms with Gasteiger partial charge in [-0.15, -0.1) is 5.10 Å². The van der Waals surface area contributed by atoms with E-state index in [1.807, 2.05) is 17.8 Å². The van der Waals surface area contributed by atoms with E-state index in [-0.39, 0.29) is 11.7 Å². The van der Waals surface area contributed by atoms with Crippen LogP contribution in [0.2, 0.25) is 0 Å². The zero-order valence-corrected chi connectivity index (χ0v) is 12.1. The van der Waals surface area contributed by atoms with Crippen LogP contribution in [0.1, 0.15) is 40.9 Å². The molecule has 3 heterocycles. The summed E-state index contributed by atoms with van der Waals surface area (Å²) < 4.78 is 8.46. The van der Waals surface area contributed by atoms with Gasteiger partial charge in [-0.25, -0.2) is 14.5 Å². The molecule has 1 aliphatic rings. The Balaban J connectivity index is 1.97. The fraction of sp³-hybridized carbons (Fsp3) is 0.538. The summed E-state index contributed by atoms with van der Waals surface area (Å²) in [5.41, 5.74) is 1.06. The van der Waals surface area contributed by atoms with Gasteiger partial charge in [0.15, 0.2) is 5.69 Å². The number of hydrogen-bond acceptors (Lipinski definition) is 6. The van der Waals surface area contributed by atoms with Crippen LogP contribution >= 0.6 is 0 Å². The molecule has 0 aliphatic carbocycles. The standard InChI is InChI=1S/C13H18N6O2/c1-18-7-6-15-10(18)8-19-12(9-4-3-5-14-9)11(16-17-19)13(20)21-2/h6-7,9,14H,3-5,8H2,1-2H3. The minimum atomic E-state index is -0.454. The highest BCUT2D eigenvalue weighted by molar-refractivity contribution is 5.88. The van der Waals surface area contributed by atoms with Crippen molar-refractivity contribution < 1.29 is 9.53 Å². The Labute approximate surface area is 122 Å². The maximum absolute atomic E-state index is 11.9. The average Bonchev–Trinajstić information content (AvgIpc) is 3.20. The molecule has 0 bridgehead atoms. The predicted molar refractivity (Wildman–Crippen MR) is 73.6 cm³/mol. The molecule has 1 fully saturated rings. The first-order valence-corrected chi connectivity index (χ1v) is 6.92. The molecule has 1 aliphatic heterocycles. The fourth-order valence-corrected chi connectivity index (χ4v) is 2.62. The van der Waals surface area contributed by atoms with Gasteiger partial charge in [0, 0.05) is 19.4 Å². The molecule has 3 rings (SSSR count). The van der Waals surface area contributed by atoms with E-state index in [9.17, 15) is 4.79 Å². The van der Waals surface area contributed by atoms with Crippen LogP contribution in [0.4, 0.5) is 0 Å². The third-order valence-electron chi connectivity index (χ3n) is 3.75. The van der Waals surface area contributed by atoms with Gasteiger partial charge < -0.3 is 14.6 Å². The van der Waals surface area contributed by atoms with Crippen molar-refractivity contribution in [2.45, 2.75) is 25.4 Å². The first-order chi connectivity index (χ1) is 10.2. The van der Waals surface area contributed by atoms with Crippen molar-refractivity contribution in [1.29, 1.82) is 0 Å². The monoisotopic (exact) mass is 290 g/mol. The zero-order valence-electron chi connectivity index (χ0n) is 12.1. The molecule has 1 unspecified atom stereocenters. The van der Waals surface area contributed by atoms with Gasteiger partial charge in [0.2, 0.25) is 0 Å². The smallest absolute Gasteiger partial charge is 0.360 e. The lowest BCUT2D eigenvalue weighted by Gasteiger charge is -2.13. The zero-order chi connectivity index (χ0) is 14.8. The van der Waals surface area contributed by atoms with Crippen LogP contribution in [0.25, 0.3) is 0 Å². The lowest BCUT2D eigenvalue weighted by molar-refractivity contribution is 0.0591. The summed E-state index contributed by atoms with van der Waals surface area (Å²) in [4.78, 5) is 16.2. The Morgan fingerprint density at radius 2 is 2.43 bits per heavy atom. The predicted octanol–water partition coefficient (Wildman–Crippen LogP) is 0.271. The van der Waals surface area contributed by atoms with E-state index in [1.54, 1.807) is 10.9 Å². The van der Waals surface area contributed by atoms with Crippen molar-refractivity contribution in [3.8, 4) is 0 Å². The van der Waals surface area contributed by atoms with Crippen molar-refractivity contribution in [1.82, 2.24) is 29.9 Å². The van der Waals surface area contributed by atoms with E-state index in [4.69, 9.17) is 4.74 Å². The third-order valence-corrected chi connectivity index (χ3v) is 3.75. The molecule has 0 spiro atoms. The molecule has 112 valence electrons. The topological polar surface area (TPSA) is 86.9 Å². The molecule has 1 atom stereocenters. The second kappa shape index (κ2) is 5.65. The minimum absolute atomic E-state index is 0.0781. The number of rotatable bonds is 4. The minimum Gasteiger partial charge on any atom is -0.464 e. The molecule has 0 aromatic carbocycles. The maximum atomic E-state index is 11.9. The molecular weight excluding hydrogens is 272 g/mol. The molecule has 0 amide bonds. The molecule has 8 heteroatoms. The highest BCUT2D eigenvalue weighted by atomic mass is 16.5. The van der Waals surface area contributed by atoms with Gasteiger partial charge in [-0.2, -0.15) is 0 Å². The van der Waals surface area contributed by atoms with E-state index in [2.05, 4.69) is 20.6 Å². The molecule has 8 nitrogen and oxygen atoms in total. The number of esters is 1. The number of imidazole rings is 1. The molecule has 1 saturated heterocycles. The highest BCUT2D eigenvalue weighted by Crippen LogP contribution is 2.25. The summed E-state index contributed by atoms with van der Waals surface area (Å²) in [7, 11) is 3.28. The average molecular weight is 290 g/mol. The third kappa shape index (κ3) is 2.54. The summed E-state index contributed by atoms with van der Waals surface area (Å²) in [5.74, 6) is 0.403. The number of aryl methyl sites for hydroxylation is 1. The first kappa shape index (κ1) is 13.7. The van der Waals surface area contributed by atoms with Crippen LogP contribution in [0, 0.1) is 0 Å².